The van der Waals surface area contributed by atoms with Crippen LogP contribution in [0.3, 0.4) is 0 Å². The van der Waals surface area contributed by atoms with Gasteiger partial charge in [0.25, 0.3) is 5.69 Å². The van der Waals surface area contributed by atoms with Crippen LogP contribution < -0.4 is 5.32 Å². The number of aliphatic hydroxyl groups excluding tert-OH is 1. The molecular weight excluding hydrogens is 236 g/mol. The molecule has 0 aliphatic heterocycles. The van der Waals surface area contributed by atoms with E-state index in [1.165, 1.54) is 13.2 Å². The normalized spacial score (nSPS) is 12.3. The fourth-order valence-corrected chi connectivity index (χ4v) is 1.61. The van der Waals surface area contributed by atoms with Gasteiger partial charge in [-0.2, -0.15) is 0 Å². The van der Waals surface area contributed by atoms with Crippen molar-refractivity contribution in [3.8, 4) is 0 Å². The van der Waals surface area contributed by atoms with E-state index in [1.54, 1.807) is 18.2 Å². The van der Waals surface area contributed by atoms with Crippen LogP contribution in [0.1, 0.15) is 12.0 Å². The van der Waals surface area contributed by atoms with E-state index in [0.717, 1.165) is 0 Å². The zero-order chi connectivity index (χ0) is 13.4. The molecule has 0 aliphatic rings. The van der Waals surface area contributed by atoms with Gasteiger partial charge < -0.3 is 15.2 Å². The Bertz CT molecular complexity index is 384. The van der Waals surface area contributed by atoms with Crippen molar-refractivity contribution in [2.24, 2.45) is 0 Å². The lowest BCUT2D eigenvalue weighted by atomic mass is 10.2. The number of aliphatic hydroxyl groups is 1. The molecule has 6 nitrogen and oxygen atoms in total. The highest BCUT2D eigenvalue weighted by Gasteiger charge is 2.11. The van der Waals surface area contributed by atoms with Crippen molar-refractivity contribution in [3.05, 3.63) is 39.9 Å². The highest BCUT2D eigenvalue weighted by Crippen LogP contribution is 2.16. The average molecular weight is 254 g/mol. The molecule has 0 bridgehead atoms. The third-order valence-corrected chi connectivity index (χ3v) is 2.52. The maximum Gasteiger partial charge on any atom is 0.273 e. The zero-order valence-electron chi connectivity index (χ0n) is 10.3. The predicted octanol–water partition coefficient (Wildman–Crippen LogP) is 1.08. The summed E-state index contributed by atoms with van der Waals surface area (Å²) in [6, 6.07) is 6.61. The van der Waals surface area contributed by atoms with Gasteiger partial charge in [0.2, 0.25) is 0 Å². The van der Waals surface area contributed by atoms with Gasteiger partial charge in [0.15, 0.2) is 0 Å². The maximum absolute atomic E-state index is 10.8. The Morgan fingerprint density at radius 2 is 2.22 bits per heavy atom. The minimum absolute atomic E-state index is 0.113. The Kier molecular flexibility index (Phi) is 6.27. The van der Waals surface area contributed by atoms with Crippen molar-refractivity contribution < 1.29 is 14.8 Å². The molecule has 0 saturated carbocycles. The van der Waals surface area contributed by atoms with Crippen molar-refractivity contribution in [1.82, 2.24) is 5.32 Å². The van der Waals surface area contributed by atoms with Crippen LogP contribution in [-0.2, 0) is 11.3 Å². The summed E-state index contributed by atoms with van der Waals surface area (Å²) in [5.41, 5.74) is 0.756. The van der Waals surface area contributed by atoms with Gasteiger partial charge in [-0.1, -0.05) is 18.2 Å². The number of hydrogen-bond donors (Lipinski definition) is 2. The van der Waals surface area contributed by atoms with Gasteiger partial charge in [-0.15, -0.1) is 0 Å². The molecule has 6 heteroatoms. The number of benzene rings is 1. The Morgan fingerprint density at radius 1 is 1.50 bits per heavy atom. The Balaban J connectivity index is 2.37. The van der Waals surface area contributed by atoms with E-state index in [9.17, 15) is 15.2 Å². The average Bonchev–Trinajstić information content (AvgIpc) is 2.35. The van der Waals surface area contributed by atoms with Gasteiger partial charge >= 0.3 is 0 Å². The van der Waals surface area contributed by atoms with Gasteiger partial charge in [-0.05, 0) is 13.0 Å². The standard InChI is InChI=1S/C12H18N2O4/c1-18-9-11(15)6-7-13-8-10-4-2-3-5-12(10)14(16)17/h2-5,11,13,15H,6-9H2,1H3. The van der Waals surface area contributed by atoms with E-state index in [4.69, 9.17) is 4.74 Å². The van der Waals surface area contributed by atoms with Gasteiger partial charge in [0, 0.05) is 25.3 Å². The molecule has 0 radical (unpaired) electrons. The highest BCUT2D eigenvalue weighted by molar-refractivity contribution is 5.39. The number of rotatable bonds is 8. The molecule has 0 saturated heterocycles. The van der Waals surface area contributed by atoms with E-state index >= 15 is 0 Å². The van der Waals surface area contributed by atoms with Crippen LogP contribution in [0.4, 0.5) is 5.69 Å². The molecular formula is C12H18N2O4. The lowest BCUT2D eigenvalue weighted by molar-refractivity contribution is -0.385. The number of para-hydroxylation sites is 1. The Morgan fingerprint density at radius 3 is 2.89 bits per heavy atom. The first-order valence-corrected chi connectivity index (χ1v) is 5.75. The molecule has 0 amide bonds. The molecule has 0 heterocycles. The zero-order valence-corrected chi connectivity index (χ0v) is 10.3. The minimum atomic E-state index is -0.506. The van der Waals surface area contributed by atoms with Crippen LogP contribution in [0.25, 0.3) is 0 Å². The summed E-state index contributed by atoms with van der Waals surface area (Å²) in [7, 11) is 1.53. The van der Waals surface area contributed by atoms with Crippen LogP contribution in [-0.4, -0.2) is 36.4 Å². The molecule has 0 spiro atoms. The molecule has 1 rings (SSSR count). The monoisotopic (exact) mass is 254 g/mol. The second-order valence-electron chi connectivity index (χ2n) is 3.96. The van der Waals surface area contributed by atoms with Gasteiger partial charge in [-0.25, -0.2) is 0 Å². The van der Waals surface area contributed by atoms with Crippen LogP contribution >= 0.6 is 0 Å². The number of nitro benzene ring substituents is 1. The van der Waals surface area contributed by atoms with Crippen LogP contribution in [0, 0.1) is 10.1 Å². The van der Waals surface area contributed by atoms with Crippen molar-refractivity contribution in [2.75, 3.05) is 20.3 Å². The number of ether oxygens (including phenoxy) is 1. The summed E-state index contributed by atoms with van der Waals surface area (Å²) in [5.74, 6) is 0. The van der Waals surface area contributed by atoms with Crippen LogP contribution in [0.5, 0.6) is 0 Å². The highest BCUT2D eigenvalue weighted by atomic mass is 16.6. The van der Waals surface area contributed by atoms with E-state index in [0.29, 0.717) is 31.7 Å². The van der Waals surface area contributed by atoms with Gasteiger partial charge in [0.1, 0.15) is 0 Å². The summed E-state index contributed by atoms with van der Waals surface area (Å²) >= 11 is 0. The van der Waals surface area contributed by atoms with Crippen LogP contribution in [0.15, 0.2) is 24.3 Å². The summed E-state index contributed by atoms with van der Waals surface area (Å²) in [5, 5.41) is 23.3. The first-order chi connectivity index (χ1) is 8.65. The largest absolute Gasteiger partial charge is 0.391 e. The van der Waals surface area contributed by atoms with E-state index in [2.05, 4.69) is 5.32 Å². The second-order valence-corrected chi connectivity index (χ2v) is 3.96. The molecule has 18 heavy (non-hydrogen) atoms. The summed E-state index contributed by atoms with van der Waals surface area (Å²) in [6.45, 7) is 1.29. The van der Waals surface area contributed by atoms with Gasteiger partial charge in [0.05, 0.1) is 17.6 Å². The topological polar surface area (TPSA) is 84.6 Å². The van der Waals surface area contributed by atoms with Crippen molar-refractivity contribution in [1.29, 1.82) is 0 Å². The molecule has 0 fully saturated rings. The second kappa shape index (κ2) is 7.75. The number of hydrogen-bond acceptors (Lipinski definition) is 5. The summed E-state index contributed by atoms with van der Waals surface area (Å²) in [4.78, 5) is 10.4. The minimum Gasteiger partial charge on any atom is -0.391 e. The molecule has 1 aromatic rings. The third-order valence-electron chi connectivity index (χ3n) is 2.52. The fraction of sp³-hybridized carbons (Fsp3) is 0.500. The predicted molar refractivity (Wildman–Crippen MR) is 67.3 cm³/mol. The molecule has 2 N–H and O–H groups in total. The molecule has 1 unspecified atom stereocenters. The van der Waals surface area contributed by atoms with Gasteiger partial charge in [-0.3, -0.25) is 10.1 Å². The quantitative estimate of drug-likeness (QED) is 0.412. The molecule has 1 atom stereocenters. The molecule has 1 aromatic carbocycles. The summed E-state index contributed by atoms with van der Waals surface area (Å²) in [6.07, 6.45) is 0.0438. The SMILES string of the molecule is COCC(O)CCNCc1ccccc1[N+](=O)[O-]. The number of nitrogens with zero attached hydrogens (tertiary/aromatic N) is 1. The fourth-order valence-electron chi connectivity index (χ4n) is 1.61. The number of nitro groups is 1. The van der Waals surface area contributed by atoms with Crippen molar-refractivity contribution in [3.63, 3.8) is 0 Å². The van der Waals surface area contributed by atoms with Crippen molar-refractivity contribution >= 4 is 5.69 Å². The molecule has 100 valence electrons. The van der Waals surface area contributed by atoms with Crippen LogP contribution in [0.2, 0.25) is 0 Å². The first kappa shape index (κ1) is 14.6. The van der Waals surface area contributed by atoms with E-state index < -0.39 is 11.0 Å². The molecule has 0 aromatic heterocycles. The van der Waals surface area contributed by atoms with E-state index in [1.807, 2.05) is 0 Å². The smallest absolute Gasteiger partial charge is 0.273 e. The Hall–Kier alpha value is -1.50. The lowest BCUT2D eigenvalue weighted by Gasteiger charge is -2.10. The lowest BCUT2D eigenvalue weighted by Crippen LogP contribution is -2.23. The van der Waals surface area contributed by atoms with E-state index in [-0.39, 0.29) is 5.69 Å². The number of methoxy groups -OCH3 is 1. The first-order valence-electron chi connectivity index (χ1n) is 5.75. The van der Waals surface area contributed by atoms with Crippen molar-refractivity contribution in [2.45, 2.75) is 19.1 Å². The number of nitrogens with one attached hydrogen (secondary N) is 1. The maximum atomic E-state index is 10.8. The third kappa shape index (κ3) is 4.79. The Labute approximate surface area is 106 Å². The molecule has 0 aliphatic carbocycles. The summed E-state index contributed by atoms with van der Waals surface area (Å²) < 4.78 is 4.80.